The molecule has 15 heavy (non-hydrogen) atoms. The number of β-amino-alcohol motifs (C(OH)–C–C–N with tert-alkyl or cyclic N) is 1. The van der Waals surface area contributed by atoms with E-state index in [0.717, 1.165) is 0 Å². The zero-order valence-corrected chi connectivity index (χ0v) is 9.92. The van der Waals surface area contributed by atoms with Gasteiger partial charge in [0.2, 0.25) is 11.8 Å². The van der Waals surface area contributed by atoms with Crippen molar-refractivity contribution in [3.63, 3.8) is 0 Å². The van der Waals surface area contributed by atoms with E-state index in [9.17, 15) is 14.7 Å². The molecule has 86 valence electrons. The Morgan fingerprint density at radius 2 is 1.87 bits per heavy atom. The minimum atomic E-state index is -0.596. The molecule has 0 aromatic carbocycles. The first kappa shape index (κ1) is 12.5. The highest BCUT2D eigenvalue weighted by Gasteiger charge is 2.28. The van der Waals surface area contributed by atoms with Crippen LogP contribution in [-0.2, 0) is 9.59 Å². The molecule has 0 radical (unpaired) electrons. The zero-order chi connectivity index (χ0) is 11.4. The first-order valence-electron chi connectivity index (χ1n) is 5.09. The van der Waals surface area contributed by atoms with Crippen LogP contribution in [0.2, 0.25) is 0 Å². The van der Waals surface area contributed by atoms with E-state index < -0.39 is 6.10 Å². The summed E-state index contributed by atoms with van der Waals surface area (Å²) in [4.78, 5) is 24.0. The van der Waals surface area contributed by atoms with Gasteiger partial charge in [-0.05, 0) is 12.3 Å². The van der Waals surface area contributed by atoms with Crippen molar-refractivity contribution in [2.75, 3.05) is 18.1 Å². The Bertz CT molecular complexity index is 239. The van der Waals surface area contributed by atoms with Gasteiger partial charge in [-0.2, -0.15) is 0 Å². The van der Waals surface area contributed by atoms with Crippen LogP contribution in [0.1, 0.15) is 20.3 Å². The van der Waals surface area contributed by atoms with Crippen molar-refractivity contribution in [2.45, 2.75) is 26.4 Å². The van der Waals surface area contributed by atoms with Crippen LogP contribution in [0, 0.1) is 5.92 Å². The normalized spacial score (nSPS) is 19.9. The van der Waals surface area contributed by atoms with Crippen molar-refractivity contribution in [1.82, 2.24) is 4.90 Å². The molecule has 0 saturated carbocycles. The Morgan fingerprint density at radius 1 is 1.33 bits per heavy atom. The fraction of sp³-hybridized carbons (Fsp3) is 0.800. The highest BCUT2D eigenvalue weighted by atomic mass is 32.2. The first-order chi connectivity index (χ1) is 7.00. The number of carbonyl (C=O) groups excluding carboxylic acids is 2. The van der Waals surface area contributed by atoms with Crippen LogP contribution in [0.4, 0.5) is 0 Å². The summed E-state index contributed by atoms with van der Waals surface area (Å²) in [5.41, 5.74) is 0. The maximum absolute atomic E-state index is 11.4. The number of aliphatic hydroxyl groups is 1. The molecule has 0 aromatic rings. The van der Waals surface area contributed by atoms with Crippen LogP contribution >= 0.6 is 11.8 Å². The van der Waals surface area contributed by atoms with Gasteiger partial charge in [0.15, 0.2) is 0 Å². The Morgan fingerprint density at radius 3 is 2.33 bits per heavy atom. The minimum absolute atomic E-state index is 0.149. The predicted molar refractivity (Wildman–Crippen MR) is 59.5 cm³/mol. The molecular formula is C10H17NO3S. The van der Waals surface area contributed by atoms with Crippen molar-refractivity contribution in [3.8, 4) is 0 Å². The smallest absolute Gasteiger partial charge is 0.239 e. The van der Waals surface area contributed by atoms with Gasteiger partial charge in [-0.1, -0.05) is 13.8 Å². The summed E-state index contributed by atoms with van der Waals surface area (Å²) < 4.78 is 0. The van der Waals surface area contributed by atoms with E-state index in [2.05, 4.69) is 0 Å². The second-order valence-corrected chi connectivity index (χ2v) is 5.16. The van der Waals surface area contributed by atoms with Crippen molar-refractivity contribution >= 4 is 23.6 Å². The quantitative estimate of drug-likeness (QED) is 0.716. The second-order valence-electron chi connectivity index (χ2n) is 4.17. The van der Waals surface area contributed by atoms with E-state index in [-0.39, 0.29) is 18.4 Å². The molecule has 5 heteroatoms. The third kappa shape index (κ3) is 3.83. The van der Waals surface area contributed by atoms with Crippen LogP contribution in [0.5, 0.6) is 0 Å². The summed E-state index contributed by atoms with van der Waals surface area (Å²) in [6.45, 7) is 4.15. The Kier molecular flexibility index (Phi) is 4.60. The van der Waals surface area contributed by atoms with Gasteiger partial charge >= 0.3 is 0 Å². The van der Waals surface area contributed by atoms with E-state index in [1.807, 2.05) is 13.8 Å². The molecule has 0 aromatic heterocycles. The average Bonchev–Trinajstić information content (AvgIpc) is 2.10. The molecule has 0 aliphatic carbocycles. The third-order valence-corrected chi connectivity index (χ3v) is 3.09. The highest BCUT2D eigenvalue weighted by Crippen LogP contribution is 2.14. The first-order valence-corrected chi connectivity index (χ1v) is 6.25. The summed E-state index contributed by atoms with van der Waals surface area (Å²) in [5.74, 6) is 0.697. The molecule has 1 aliphatic heterocycles. The number of aliphatic hydroxyl groups excluding tert-OH is 1. The number of carbonyl (C=O) groups is 2. The van der Waals surface area contributed by atoms with Crippen molar-refractivity contribution in [1.29, 1.82) is 0 Å². The van der Waals surface area contributed by atoms with E-state index in [0.29, 0.717) is 23.8 Å². The van der Waals surface area contributed by atoms with E-state index in [4.69, 9.17) is 0 Å². The lowest BCUT2D eigenvalue weighted by Gasteiger charge is -2.27. The van der Waals surface area contributed by atoms with Gasteiger partial charge in [0, 0.05) is 0 Å². The van der Waals surface area contributed by atoms with Gasteiger partial charge in [0.05, 0.1) is 24.2 Å². The molecular weight excluding hydrogens is 214 g/mol. The summed E-state index contributed by atoms with van der Waals surface area (Å²) in [7, 11) is 0. The SMILES string of the molecule is CC(C)CC(O)CN1C(=O)CSCC1=O. The molecule has 1 rings (SSSR count). The molecule has 0 bridgehead atoms. The molecule has 1 aliphatic rings. The van der Waals surface area contributed by atoms with Crippen molar-refractivity contribution in [2.24, 2.45) is 5.92 Å². The number of thioether (sulfide) groups is 1. The summed E-state index contributed by atoms with van der Waals surface area (Å²) >= 11 is 1.33. The fourth-order valence-corrected chi connectivity index (χ4v) is 2.32. The fourth-order valence-electron chi connectivity index (χ4n) is 1.55. The van der Waals surface area contributed by atoms with E-state index >= 15 is 0 Å². The molecule has 1 saturated heterocycles. The third-order valence-electron chi connectivity index (χ3n) is 2.19. The molecule has 4 nitrogen and oxygen atoms in total. The topological polar surface area (TPSA) is 57.6 Å². The Hall–Kier alpha value is -0.550. The molecule has 1 N–H and O–H groups in total. The van der Waals surface area contributed by atoms with E-state index in [1.165, 1.54) is 16.7 Å². The van der Waals surface area contributed by atoms with Crippen LogP contribution < -0.4 is 0 Å². The lowest BCUT2D eigenvalue weighted by atomic mass is 10.1. The summed E-state index contributed by atoms with van der Waals surface area (Å²) in [6.07, 6.45) is 0.0190. The van der Waals surface area contributed by atoms with Crippen LogP contribution in [0.3, 0.4) is 0 Å². The zero-order valence-electron chi connectivity index (χ0n) is 9.10. The van der Waals surface area contributed by atoms with Crippen molar-refractivity contribution in [3.05, 3.63) is 0 Å². The van der Waals surface area contributed by atoms with Gasteiger partial charge in [-0.3, -0.25) is 14.5 Å². The van der Waals surface area contributed by atoms with E-state index in [1.54, 1.807) is 0 Å². The number of hydrogen-bond donors (Lipinski definition) is 1. The molecule has 1 atom stereocenters. The second kappa shape index (κ2) is 5.51. The Balaban J connectivity index is 2.47. The molecule has 2 amide bonds. The summed E-state index contributed by atoms with van der Waals surface area (Å²) in [5, 5.41) is 9.65. The minimum Gasteiger partial charge on any atom is -0.391 e. The van der Waals surface area contributed by atoms with Crippen LogP contribution in [-0.4, -0.2) is 46.0 Å². The predicted octanol–water partition coefficient (Wildman–Crippen LogP) is 0.495. The maximum Gasteiger partial charge on any atom is 0.239 e. The highest BCUT2D eigenvalue weighted by molar-refractivity contribution is 8.00. The summed E-state index contributed by atoms with van der Waals surface area (Å²) in [6, 6.07) is 0. The largest absolute Gasteiger partial charge is 0.391 e. The van der Waals surface area contributed by atoms with Crippen molar-refractivity contribution < 1.29 is 14.7 Å². The van der Waals surface area contributed by atoms with Gasteiger partial charge in [0.25, 0.3) is 0 Å². The maximum atomic E-state index is 11.4. The number of hydrogen-bond acceptors (Lipinski definition) is 4. The lowest BCUT2D eigenvalue weighted by Crippen LogP contribution is -2.46. The molecule has 1 heterocycles. The van der Waals surface area contributed by atoms with Gasteiger partial charge < -0.3 is 5.11 Å². The van der Waals surface area contributed by atoms with Gasteiger partial charge in [0.1, 0.15) is 0 Å². The number of nitrogens with zero attached hydrogens (tertiary/aromatic N) is 1. The number of imide groups is 1. The standard InChI is InChI=1S/C10H17NO3S/c1-7(2)3-8(12)4-11-9(13)5-15-6-10(11)14/h7-8,12H,3-6H2,1-2H3. The van der Waals surface area contributed by atoms with Crippen LogP contribution in [0.15, 0.2) is 0 Å². The molecule has 1 unspecified atom stereocenters. The van der Waals surface area contributed by atoms with Crippen LogP contribution in [0.25, 0.3) is 0 Å². The molecule has 0 spiro atoms. The van der Waals surface area contributed by atoms with Gasteiger partial charge in [-0.15, -0.1) is 11.8 Å². The lowest BCUT2D eigenvalue weighted by molar-refractivity contribution is -0.144. The number of amides is 2. The number of rotatable bonds is 4. The monoisotopic (exact) mass is 231 g/mol. The van der Waals surface area contributed by atoms with Gasteiger partial charge in [-0.25, -0.2) is 0 Å². The average molecular weight is 231 g/mol. The molecule has 1 fully saturated rings. The Labute approximate surface area is 94.0 Å².